The number of hydrogen-bond donors (Lipinski definition) is 1. The summed E-state index contributed by atoms with van der Waals surface area (Å²) in [6, 6.07) is 10.1. The number of nitrogens with one attached hydrogen (secondary N) is 1. The number of aromatic nitrogens is 6. The number of H-pyrrole nitrogens is 1. The maximum atomic E-state index is 12.4. The van der Waals surface area contributed by atoms with Crippen molar-refractivity contribution in [2.24, 2.45) is 0 Å². The molecule has 0 bridgehead atoms. The van der Waals surface area contributed by atoms with Gasteiger partial charge in [0.25, 0.3) is 0 Å². The minimum Gasteiger partial charge on any atom is -0.399 e. The molecule has 0 amide bonds. The van der Waals surface area contributed by atoms with Crippen LogP contribution in [0, 0.1) is 0 Å². The van der Waals surface area contributed by atoms with Crippen LogP contribution in [0.5, 0.6) is 0 Å². The molecule has 4 heterocycles. The molecule has 57 heavy (non-hydrogen) atoms. The molecule has 1 aliphatic rings. The molecule has 1 saturated heterocycles. The van der Waals surface area contributed by atoms with Gasteiger partial charge in [0.1, 0.15) is 30.5 Å². The first kappa shape index (κ1) is 48.5. The van der Waals surface area contributed by atoms with Crippen LogP contribution < -0.4 is 5.46 Å². The number of nitrogens with zero attached hydrogens (tertiary/aromatic N) is 5. The zero-order valence-corrected chi connectivity index (χ0v) is 40.9. The Labute approximate surface area is 356 Å². The van der Waals surface area contributed by atoms with Crippen LogP contribution in [0.25, 0.3) is 11.1 Å². The Morgan fingerprint density at radius 2 is 1.19 bits per heavy atom. The van der Waals surface area contributed by atoms with Crippen molar-refractivity contribution in [2.45, 2.75) is 125 Å². The van der Waals surface area contributed by atoms with Gasteiger partial charge in [0, 0.05) is 55.7 Å². The van der Waals surface area contributed by atoms with Crippen molar-refractivity contribution in [1.82, 2.24) is 29.8 Å². The number of carbonyl (C=O) groups excluding carboxylic acids is 3. The summed E-state index contributed by atoms with van der Waals surface area (Å²) in [6.45, 7) is 28.7. The van der Waals surface area contributed by atoms with Gasteiger partial charge in [-0.1, -0.05) is 63.5 Å². The van der Waals surface area contributed by atoms with Crippen molar-refractivity contribution in [1.29, 1.82) is 0 Å². The van der Waals surface area contributed by atoms with E-state index in [0.29, 0.717) is 30.4 Å². The second-order valence-corrected chi connectivity index (χ2v) is 30.4. The highest BCUT2D eigenvalue weighted by Crippen LogP contribution is 2.36. The van der Waals surface area contributed by atoms with Crippen LogP contribution >= 0.6 is 31.9 Å². The molecule has 1 aliphatic heterocycles. The van der Waals surface area contributed by atoms with Gasteiger partial charge in [0.2, 0.25) is 0 Å². The summed E-state index contributed by atoms with van der Waals surface area (Å²) in [5.74, 6) is -0.0566. The van der Waals surface area contributed by atoms with Gasteiger partial charge in [-0.3, -0.25) is 19.5 Å². The number of benzene rings is 1. The molecular formula is C39H59BBr2N6O7Si2. The molecule has 18 heteroatoms. The molecule has 0 atom stereocenters. The fourth-order valence-corrected chi connectivity index (χ4v) is 7.81. The van der Waals surface area contributed by atoms with Gasteiger partial charge >= 0.3 is 7.12 Å². The first-order chi connectivity index (χ1) is 26.3. The Morgan fingerprint density at radius 3 is 1.60 bits per heavy atom. The van der Waals surface area contributed by atoms with Gasteiger partial charge in [-0.2, -0.15) is 15.3 Å². The molecule has 1 aromatic carbocycles. The predicted molar refractivity (Wildman–Crippen MR) is 238 cm³/mol. The van der Waals surface area contributed by atoms with Crippen LogP contribution in [0.4, 0.5) is 0 Å². The van der Waals surface area contributed by atoms with E-state index >= 15 is 0 Å². The lowest BCUT2D eigenvalue weighted by atomic mass is 9.78. The fourth-order valence-electron chi connectivity index (χ4n) is 5.25. The topological polar surface area (TPSA) is 152 Å². The molecule has 3 aromatic heterocycles. The monoisotopic (exact) mass is 948 g/mol. The first-order valence-electron chi connectivity index (χ1n) is 18.9. The minimum atomic E-state index is -1.16. The molecule has 4 aromatic rings. The van der Waals surface area contributed by atoms with Crippen molar-refractivity contribution >= 4 is 77.9 Å². The summed E-state index contributed by atoms with van der Waals surface area (Å²) in [7, 11) is -2.62. The largest absolute Gasteiger partial charge is 0.494 e. The van der Waals surface area contributed by atoms with E-state index in [9.17, 15) is 14.4 Å². The minimum absolute atomic E-state index is 0.0110. The lowest BCUT2D eigenvalue weighted by molar-refractivity contribution is 0.00578. The highest BCUT2D eigenvalue weighted by Gasteiger charge is 2.51. The third-order valence-corrected chi connectivity index (χ3v) is 14.0. The number of aromatic amines is 1. The summed E-state index contributed by atoms with van der Waals surface area (Å²) in [5, 5.41) is 14.7. The van der Waals surface area contributed by atoms with Crippen LogP contribution in [-0.2, 0) is 32.2 Å². The van der Waals surface area contributed by atoms with Crippen LogP contribution in [0.2, 0.25) is 51.4 Å². The van der Waals surface area contributed by atoms with E-state index in [1.165, 1.54) is 13.8 Å². The zero-order valence-electron chi connectivity index (χ0n) is 35.7. The molecule has 5 rings (SSSR count). The third kappa shape index (κ3) is 14.4. The first-order valence-corrected chi connectivity index (χ1v) is 27.9. The Hall–Kier alpha value is -2.84. The van der Waals surface area contributed by atoms with Gasteiger partial charge in [-0.05, 0) is 82.7 Å². The number of Topliss-reactive ketones (excluding diaryl/α,β-unsaturated/α-hetero) is 3. The lowest BCUT2D eigenvalue weighted by Crippen LogP contribution is -2.41. The Kier molecular flexibility index (Phi) is 17.4. The normalized spacial score (nSPS) is 14.8. The van der Waals surface area contributed by atoms with E-state index in [0.717, 1.165) is 44.2 Å². The van der Waals surface area contributed by atoms with Gasteiger partial charge < -0.3 is 18.8 Å². The van der Waals surface area contributed by atoms with Crippen molar-refractivity contribution in [3.8, 4) is 11.1 Å². The van der Waals surface area contributed by atoms with E-state index in [-0.39, 0.29) is 35.3 Å². The molecule has 0 spiro atoms. The third-order valence-electron chi connectivity index (χ3n) is 9.41. The smallest absolute Gasteiger partial charge is 0.399 e. The number of ketones is 3. The quantitative estimate of drug-likeness (QED) is 0.0695. The summed E-state index contributed by atoms with van der Waals surface area (Å²) >= 11 is 6.46. The van der Waals surface area contributed by atoms with Crippen molar-refractivity contribution < 1.29 is 33.2 Å². The van der Waals surface area contributed by atoms with E-state index in [2.05, 4.69) is 91.5 Å². The molecule has 0 unspecified atom stereocenters. The molecule has 0 radical (unpaired) electrons. The van der Waals surface area contributed by atoms with Crippen molar-refractivity contribution in [3.63, 3.8) is 0 Å². The van der Waals surface area contributed by atoms with Gasteiger partial charge in [0.05, 0.1) is 38.7 Å². The standard InChI is InChI=1S/C23H35BN2O4Si.C11H19BrN2O2Si.C5H5BrN2O/c1-17(27)21-20(15-25-26(21)16-28-13-14-31(6,7)8)18-9-11-19(12-10-18)24-29-22(2,3)23(4,5)30-24;1-9(15)11-10(12)7-13-14(11)8-16-5-6-17(2,3)4;1-3(9)5-4(6)2-7-8-5/h9-12,15H,13-14,16H2,1-8H3;7H,5-6,8H2,1-4H3;2H,1H3,(H,7,8). The lowest BCUT2D eigenvalue weighted by Gasteiger charge is -2.32. The van der Waals surface area contributed by atoms with Crippen LogP contribution in [-0.4, -0.2) is 94.8 Å². The average Bonchev–Trinajstić information content (AvgIpc) is 3.86. The van der Waals surface area contributed by atoms with Gasteiger partial charge in [0.15, 0.2) is 17.3 Å². The summed E-state index contributed by atoms with van der Waals surface area (Å²) in [4.78, 5) is 34.4. The fraction of sp³-hybridized carbons (Fsp3) is 0.538. The molecule has 0 aliphatic carbocycles. The SMILES string of the molecule is CC(=O)c1[nH]ncc1Br.CC(=O)c1c(-c2ccc(B3OC(C)(C)C(C)(C)O3)cc2)cnn1COCC[Si](C)(C)C.CC(=O)c1c(Br)cnn1COCC[Si](C)(C)C. The van der Waals surface area contributed by atoms with E-state index in [1.54, 1.807) is 34.9 Å². The molecule has 312 valence electrons. The van der Waals surface area contributed by atoms with Crippen LogP contribution in [0.1, 0.15) is 79.9 Å². The van der Waals surface area contributed by atoms with Crippen LogP contribution in [0.15, 0.2) is 51.8 Å². The number of halogens is 2. The second-order valence-electron chi connectivity index (χ2n) is 17.4. The van der Waals surface area contributed by atoms with Crippen molar-refractivity contribution in [3.05, 3.63) is 68.9 Å². The summed E-state index contributed by atoms with van der Waals surface area (Å²) < 4.78 is 28.3. The van der Waals surface area contributed by atoms with Gasteiger partial charge in [-0.15, -0.1) is 0 Å². The number of rotatable bonds is 15. The van der Waals surface area contributed by atoms with Gasteiger partial charge in [-0.25, -0.2) is 9.36 Å². The Bertz CT molecular complexity index is 1950. The number of ether oxygens (including phenoxy) is 2. The molecular weight excluding hydrogens is 891 g/mol. The predicted octanol–water partition coefficient (Wildman–Crippen LogP) is 8.90. The van der Waals surface area contributed by atoms with E-state index in [4.69, 9.17) is 18.8 Å². The highest BCUT2D eigenvalue weighted by atomic mass is 79.9. The van der Waals surface area contributed by atoms with Crippen LogP contribution in [0.3, 0.4) is 0 Å². The zero-order chi connectivity index (χ0) is 42.9. The molecule has 1 N–H and O–H groups in total. The maximum absolute atomic E-state index is 12.4. The highest BCUT2D eigenvalue weighted by molar-refractivity contribution is 9.10. The summed E-state index contributed by atoms with van der Waals surface area (Å²) in [5.41, 5.74) is 3.59. The van der Waals surface area contributed by atoms with E-state index in [1.807, 2.05) is 52.0 Å². The molecule has 1 fully saturated rings. The summed E-state index contributed by atoms with van der Waals surface area (Å²) in [6.07, 6.45) is 4.91. The van der Waals surface area contributed by atoms with Crippen molar-refractivity contribution in [2.75, 3.05) is 13.2 Å². The Balaban J connectivity index is 0.000000278. The number of hydrogen-bond acceptors (Lipinski definition) is 10. The van der Waals surface area contributed by atoms with E-state index < -0.39 is 23.3 Å². The molecule has 0 saturated carbocycles. The second kappa shape index (κ2) is 20.4. The molecule has 13 nitrogen and oxygen atoms in total. The number of carbonyl (C=O) groups is 3. The Morgan fingerprint density at radius 1 is 0.719 bits per heavy atom. The maximum Gasteiger partial charge on any atom is 0.494 e. The average molecular weight is 951 g/mol.